The first kappa shape index (κ1) is 16.6. The van der Waals surface area contributed by atoms with Crippen molar-refractivity contribution >= 4 is 36.6 Å². The van der Waals surface area contributed by atoms with Crippen molar-refractivity contribution in [3.63, 3.8) is 0 Å². The van der Waals surface area contributed by atoms with Crippen LogP contribution in [0.2, 0.25) is 19.1 Å². The molecule has 1 aromatic carbocycles. The number of unbranched alkanes of at least 4 members (excludes halogenated alkanes) is 1. The molecule has 0 aliphatic rings. The van der Waals surface area contributed by atoms with Gasteiger partial charge in [-0.15, -0.1) is 0 Å². The molecule has 106 valence electrons. The number of benzene rings is 1. The molecule has 0 saturated carbocycles. The fourth-order valence-corrected chi connectivity index (χ4v) is 4.26. The van der Waals surface area contributed by atoms with Gasteiger partial charge in [-0.05, 0) is 53.4 Å². The quantitative estimate of drug-likeness (QED) is 0.292. The Bertz CT molecular complexity index is 452. The molecular formula is C13H20INO3Si. The van der Waals surface area contributed by atoms with Gasteiger partial charge in [0.15, 0.2) is 8.32 Å². The normalized spacial score (nSPS) is 11.6. The second-order valence-electron chi connectivity index (χ2n) is 5.18. The van der Waals surface area contributed by atoms with Crippen LogP contribution in [0.4, 0.5) is 5.69 Å². The SMILES string of the molecule is CCCC[Si](C)(C)OCc1ccc([N+](=O)[O-])cc1I. The highest BCUT2D eigenvalue weighted by molar-refractivity contribution is 14.1. The topological polar surface area (TPSA) is 52.4 Å². The maximum atomic E-state index is 10.7. The molecule has 4 nitrogen and oxygen atoms in total. The molecule has 0 atom stereocenters. The van der Waals surface area contributed by atoms with E-state index in [1.807, 2.05) is 0 Å². The molecule has 0 unspecified atom stereocenters. The minimum Gasteiger partial charge on any atom is -0.413 e. The van der Waals surface area contributed by atoms with Crippen LogP contribution in [0.5, 0.6) is 0 Å². The second-order valence-corrected chi connectivity index (χ2v) is 10.7. The lowest BCUT2D eigenvalue weighted by molar-refractivity contribution is -0.385. The zero-order valence-corrected chi connectivity index (χ0v) is 14.8. The number of halogens is 1. The first-order valence-electron chi connectivity index (χ1n) is 6.42. The second kappa shape index (κ2) is 7.35. The van der Waals surface area contributed by atoms with Crippen molar-refractivity contribution in [3.8, 4) is 0 Å². The van der Waals surface area contributed by atoms with Crippen molar-refractivity contribution in [1.29, 1.82) is 0 Å². The Kier molecular flexibility index (Phi) is 6.41. The Labute approximate surface area is 129 Å². The highest BCUT2D eigenvalue weighted by Crippen LogP contribution is 2.23. The van der Waals surface area contributed by atoms with Crippen LogP contribution < -0.4 is 0 Å². The van der Waals surface area contributed by atoms with Crippen molar-refractivity contribution in [2.75, 3.05) is 0 Å². The molecule has 0 bridgehead atoms. The van der Waals surface area contributed by atoms with E-state index in [0.29, 0.717) is 6.61 Å². The molecule has 1 rings (SSSR count). The molecule has 0 fully saturated rings. The molecule has 0 heterocycles. The Morgan fingerprint density at radius 2 is 2.11 bits per heavy atom. The fraction of sp³-hybridized carbons (Fsp3) is 0.538. The van der Waals surface area contributed by atoms with Gasteiger partial charge in [0, 0.05) is 15.7 Å². The summed E-state index contributed by atoms with van der Waals surface area (Å²) in [4.78, 5) is 10.3. The van der Waals surface area contributed by atoms with Gasteiger partial charge in [-0.1, -0.05) is 19.8 Å². The van der Waals surface area contributed by atoms with Gasteiger partial charge in [0.2, 0.25) is 0 Å². The van der Waals surface area contributed by atoms with Gasteiger partial charge in [0.05, 0.1) is 11.5 Å². The summed E-state index contributed by atoms with van der Waals surface area (Å²) in [6, 6.07) is 6.10. The number of nitro benzene ring substituents is 1. The zero-order chi connectivity index (χ0) is 14.5. The van der Waals surface area contributed by atoms with Crippen molar-refractivity contribution in [3.05, 3.63) is 37.4 Å². The average molecular weight is 393 g/mol. The molecule has 0 radical (unpaired) electrons. The van der Waals surface area contributed by atoms with Crippen molar-refractivity contribution in [2.45, 2.75) is 45.5 Å². The standard InChI is InChI=1S/C13H20INO3Si/c1-4-5-8-19(2,3)18-10-11-6-7-12(15(16)17)9-13(11)14/h6-7,9H,4-5,8,10H2,1-3H3. The van der Waals surface area contributed by atoms with Crippen molar-refractivity contribution < 1.29 is 9.35 Å². The van der Waals surface area contributed by atoms with Crippen molar-refractivity contribution in [2.24, 2.45) is 0 Å². The zero-order valence-electron chi connectivity index (χ0n) is 11.6. The molecular weight excluding hydrogens is 373 g/mol. The largest absolute Gasteiger partial charge is 0.413 e. The number of non-ortho nitro benzene ring substituents is 1. The van der Waals surface area contributed by atoms with Gasteiger partial charge in [0.25, 0.3) is 5.69 Å². The molecule has 0 aliphatic heterocycles. The Balaban J connectivity index is 2.65. The Hall–Kier alpha value is -0.473. The number of hydrogen-bond acceptors (Lipinski definition) is 3. The number of nitro groups is 1. The molecule has 6 heteroatoms. The van der Waals surface area contributed by atoms with Crippen LogP contribution in [0, 0.1) is 13.7 Å². The summed E-state index contributed by atoms with van der Waals surface area (Å²) in [6.07, 6.45) is 2.39. The van der Waals surface area contributed by atoms with E-state index in [2.05, 4.69) is 42.6 Å². The van der Waals surface area contributed by atoms with Crippen LogP contribution in [-0.4, -0.2) is 13.2 Å². The van der Waals surface area contributed by atoms with E-state index < -0.39 is 8.32 Å². The third kappa shape index (κ3) is 5.58. The van der Waals surface area contributed by atoms with Gasteiger partial charge < -0.3 is 4.43 Å². The van der Waals surface area contributed by atoms with Gasteiger partial charge in [-0.3, -0.25) is 10.1 Å². The van der Waals surface area contributed by atoms with Gasteiger partial charge >= 0.3 is 0 Å². The molecule has 1 aromatic rings. The van der Waals surface area contributed by atoms with Crippen LogP contribution >= 0.6 is 22.6 Å². The number of hydrogen-bond donors (Lipinski definition) is 0. The first-order chi connectivity index (χ1) is 8.85. The molecule has 0 amide bonds. The maximum absolute atomic E-state index is 10.7. The monoisotopic (exact) mass is 393 g/mol. The van der Waals surface area contributed by atoms with E-state index in [1.54, 1.807) is 18.2 Å². The predicted molar refractivity (Wildman–Crippen MR) is 87.8 cm³/mol. The van der Waals surface area contributed by atoms with Crippen LogP contribution in [0.1, 0.15) is 25.3 Å². The summed E-state index contributed by atoms with van der Waals surface area (Å²) in [5.74, 6) is 0. The number of rotatable bonds is 7. The highest BCUT2D eigenvalue weighted by atomic mass is 127. The lowest BCUT2D eigenvalue weighted by atomic mass is 10.2. The van der Waals surface area contributed by atoms with Gasteiger partial charge in [0.1, 0.15) is 0 Å². The van der Waals surface area contributed by atoms with E-state index in [4.69, 9.17) is 4.43 Å². The van der Waals surface area contributed by atoms with Crippen LogP contribution in [0.3, 0.4) is 0 Å². The molecule has 0 saturated heterocycles. The fourth-order valence-electron chi connectivity index (χ4n) is 1.71. The number of nitrogens with zero attached hydrogens (tertiary/aromatic N) is 1. The first-order valence-corrected chi connectivity index (χ1v) is 10.6. The lowest BCUT2D eigenvalue weighted by Crippen LogP contribution is -2.29. The van der Waals surface area contributed by atoms with Crippen LogP contribution in [0.25, 0.3) is 0 Å². The molecule has 0 aliphatic carbocycles. The van der Waals surface area contributed by atoms with Crippen molar-refractivity contribution in [1.82, 2.24) is 0 Å². The van der Waals surface area contributed by atoms with E-state index in [1.165, 1.54) is 12.8 Å². The summed E-state index contributed by atoms with van der Waals surface area (Å²) >= 11 is 2.13. The maximum Gasteiger partial charge on any atom is 0.270 e. The third-order valence-electron chi connectivity index (χ3n) is 3.00. The predicted octanol–water partition coefficient (Wildman–Crippen LogP) is 4.72. The summed E-state index contributed by atoms with van der Waals surface area (Å²) in [6.45, 7) is 7.19. The summed E-state index contributed by atoms with van der Waals surface area (Å²) in [5.41, 5.74) is 1.17. The lowest BCUT2D eigenvalue weighted by Gasteiger charge is -2.23. The Morgan fingerprint density at radius 3 is 2.63 bits per heavy atom. The molecule has 0 aromatic heterocycles. The smallest absolute Gasteiger partial charge is 0.270 e. The summed E-state index contributed by atoms with van der Waals surface area (Å²) < 4.78 is 6.96. The minimum absolute atomic E-state index is 0.135. The van der Waals surface area contributed by atoms with E-state index in [9.17, 15) is 10.1 Å². The highest BCUT2D eigenvalue weighted by Gasteiger charge is 2.22. The Morgan fingerprint density at radius 1 is 1.42 bits per heavy atom. The molecule has 19 heavy (non-hydrogen) atoms. The molecule has 0 N–H and O–H groups in total. The van der Waals surface area contributed by atoms with Gasteiger partial charge in [-0.2, -0.15) is 0 Å². The average Bonchev–Trinajstić information content (AvgIpc) is 2.35. The summed E-state index contributed by atoms with van der Waals surface area (Å²) in [5, 5.41) is 10.7. The van der Waals surface area contributed by atoms with E-state index in [-0.39, 0.29) is 10.6 Å². The third-order valence-corrected chi connectivity index (χ3v) is 6.49. The summed E-state index contributed by atoms with van der Waals surface area (Å²) in [7, 11) is -1.60. The van der Waals surface area contributed by atoms with Crippen LogP contribution in [-0.2, 0) is 11.0 Å². The van der Waals surface area contributed by atoms with E-state index in [0.717, 1.165) is 15.2 Å². The van der Waals surface area contributed by atoms with Crippen LogP contribution in [0.15, 0.2) is 18.2 Å². The van der Waals surface area contributed by atoms with Gasteiger partial charge in [-0.25, -0.2) is 0 Å². The molecule has 0 spiro atoms. The van der Waals surface area contributed by atoms with E-state index >= 15 is 0 Å². The minimum atomic E-state index is -1.60.